The molecule has 1 aromatic heterocycles. The van der Waals surface area contributed by atoms with Gasteiger partial charge in [0, 0.05) is 10.5 Å². The standard InChI is InChI=1S/C15H15NO3S2/c1-9-8-21-13(15(18)19-2)12(9)16-14(17)10-4-6-11(20-3)7-5-10/h4-8H,1-3H3,(H,16,17). The van der Waals surface area contributed by atoms with Gasteiger partial charge in [0.2, 0.25) is 0 Å². The van der Waals surface area contributed by atoms with Crippen LogP contribution in [0.25, 0.3) is 0 Å². The second kappa shape index (κ2) is 6.78. The van der Waals surface area contributed by atoms with Gasteiger partial charge in [0.1, 0.15) is 4.88 Å². The third kappa shape index (κ3) is 3.46. The number of thiophene rings is 1. The van der Waals surface area contributed by atoms with E-state index in [1.54, 1.807) is 23.9 Å². The van der Waals surface area contributed by atoms with Crippen LogP contribution >= 0.6 is 23.1 Å². The Balaban J connectivity index is 2.23. The number of esters is 1. The number of hydrogen-bond donors (Lipinski definition) is 1. The van der Waals surface area contributed by atoms with E-state index in [0.29, 0.717) is 16.1 Å². The minimum Gasteiger partial charge on any atom is -0.465 e. The van der Waals surface area contributed by atoms with Crippen molar-refractivity contribution in [3.63, 3.8) is 0 Å². The molecule has 0 spiro atoms. The molecular weight excluding hydrogens is 306 g/mol. The molecule has 1 N–H and O–H groups in total. The van der Waals surface area contributed by atoms with Crippen LogP contribution in [0.1, 0.15) is 25.6 Å². The maximum absolute atomic E-state index is 12.3. The Morgan fingerprint density at radius 3 is 2.48 bits per heavy atom. The van der Waals surface area contributed by atoms with E-state index in [9.17, 15) is 9.59 Å². The molecule has 1 aromatic carbocycles. The van der Waals surface area contributed by atoms with Crippen molar-refractivity contribution in [1.82, 2.24) is 0 Å². The van der Waals surface area contributed by atoms with Crippen molar-refractivity contribution in [2.45, 2.75) is 11.8 Å². The minimum atomic E-state index is -0.443. The first kappa shape index (κ1) is 15.6. The second-order valence-corrected chi connectivity index (χ2v) is 6.06. The highest BCUT2D eigenvalue weighted by Gasteiger charge is 2.19. The lowest BCUT2D eigenvalue weighted by Crippen LogP contribution is -2.14. The Labute approximate surface area is 131 Å². The third-order valence-electron chi connectivity index (χ3n) is 2.94. The molecule has 110 valence electrons. The monoisotopic (exact) mass is 321 g/mol. The van der Waals surface area contributed by atoms with Crippen LogP contribution in [0.3, 0.4) is 0 Å². The number of amides is 1. The number of thioether (sulfide) groups is 1. The van der Waals surface area contributed by atoms with E-state index in [2.05, 4.69) is 5.32 Å². The molecule has 0 saturated carbocycles. The molecule has 0 aliphatic carbocycles. The largest absolute Gasteiger partial charge is 0.465 e. The maximum Gasteiger partial charge on any atom is 0.350 e. The van der Waals surface area contributed by atoms with Crippen LogP contribution in [0.2, 0.25) is 0 Å². The number of aryl methyl sites for hydroxylation is 1. The summed E-state index contributed by atoms with van der Waals surface area (Å²) in [4.78, 5) is 25.4. The number of carbonyl (C=O) groups excluding carboxylic acids is 2. The van der Waals surface area contributed by atoms with Gasteiger partial charge in [0.15, 0.2) is 0 Å². The average molecular weight is 321 g/mol. The number of rotatable bonds is 4. The normalized spacial score (nSPS) is 10.2. The third-order valence-corrected chi connectivity index (χ3v) is 4.76. The molecule has 1 heterocycles. The van der Waals surface area contributed by atoms with Crippen LogP contribution < -0.4 is 5.32 Å². The molecule has 0 bridgehead atoms. The van der Waals surface area contributed by atoms with Crippen molar-refractivity contribution in [1.29, 1.82) is 0 Å². The molecule has 2 rings (SSSR count). The van der Waals surface area contributed by atoms with E-state index in [0.717, 1.165) is 10.5 Å². The number of hydrogen-bond acceptors (Lipinski definition) is 5. The molecule has 0 aliphatic rings. The quantitative estimate of drug-likeness (QED) is 0.687. The second-order valence-electron chi connectivity index (χ2n) is 4.30. The van der Waals surface area contributed by atoms with E-state index in [-0.39, 0.29) is 5.91 Å². The predicted octanol–water partition coefficient (Wildman–Crippen LogP) is 3.82. The zero-order valence-electron chi connectivity index (χ0n) is 11.9. The van der Waals surface area contributed by atoms with Crippen molar-refractivity contribution in [3.8, 4) is 0 Å². The lowest BCUT2D eigenvalue weighted by atomic mass is 10.2. The number of methoxy groups -OCH3 is 1. The highest BCUT2D eigenvalue weighted by Crippen LogP contribution is 2.29. The molecule has 6 heteroatoms. The van der Waals surface area contributed by atoms with Gasteiger partial charge >= 0.3 is 5.97 Å². The van der Waals surface area contributed by atoms with Crippen LogP contribution in [0, 0.1) is 6.92 Å². The van der Waals surface area contributed by atoms with Gasteiger partial charge in [-0.25, -0.2) is 4.79 Å². The van der Waals surface area contributed by atoms with Gasteiger partial charge in [-0.05, 0) is 48.4 Å². The zero-order chi connectivity index (χ0) is 15.4. The molecule has 21 heavy (non-hydrogen) atoms. The fraction of sp³-hybridized carbons (Fsp3) is 0.200. The van der Waals surface area contributed by atoms with Crippen molar-refractivity contribution in [2.24, 2.45) is 0 Å². The molecule has 1 amide bonds. The summed E-state index contributed by atoms with van der Waals surface area (Å²) in [7, 11) is 1.32. The van der Waals surface area contributed by atoms with Gasteiger partial charge in [-0.15, -0.1) is 23.1 Å². The van der Waals surface area contributed by atoms with Gasteiger partial charge in [-0.2, -0.15) is 0 Å². The average Bonchev–Trinajstić information content (AvgIpc) is 2.87. The molecule has 2 aromatic rings. The molecule has 4 nitrogen and oxygen atoms in total. The molecule has 0 radical (unpaired) electrons. The molecular formula is C15H15NO3S2. The minimum absolute atomic E-state index is 0.241. The van der Waals surface area contributed by atoms with Crippen LogP contribution in [-0.2, 0) is 4.74 Å². The Morgan fingerprint density at radius 2 is 1.90 bits per heavy atom. The van der Waals surface area contributed by atoms with Crippen LogP contribution in [0.4, 0.5) is 5.69 Å². The Kier molecular flexibility index (Phi) is 5.03. The summed E-state index contributed by atoms with van der Waals surface area (Å²) < 4.78 is 4.73. The van der Waals surface area contributed by atoms with Gasteiger partial charge < -0.3 is 10.1 Å². The van der Waals surface area contributed by atoms with Crippen molar-refractivity contribution in [2.75, 3.05) is 18.7 Å². The Bertz CT molecular complexity index is 662. The molecule has 0 aliphatic heterocycles. The lowest BCUT2D eigenvalue weighted by molar-refractivity contribution is 0.0607. The van der Waals surface area contributed by atoms with E-state index >= 15 is 0 Å². The van der Waals surface area contributed by atoms with E-state index in [1.807, 2.05) is 30.7 Å². The predicted molar refractivity (Wildman–Crippen MR) is 86.6 cm³/mol. The zero-order valence-corrected chi connectivity index (χ0v) is 13.6. The number of anilines is 1. The maximum atomic E-state index is 12.3. The van der Waals surface area contributed by atoms with E-state index in [4.69, 9.17) is 4.74 Å². The number of ether oxygens (including phenoxy) is 1. The van der Waals surface area contributed by atoms with Gasteiger partial charge in [0.05, 0.1) is 12.8 Å². The number of benzene rings is 1. The van der Waals surface area contributed by atoms with Gasteiger partial charge in [-0.1, -0.05) is 0 Å². The fourth-order valence-corrected chi connectivity index (χ4v) is 3.10. The summed E-state index contributed by atoms with van der Waals surface area (Å²) in [5.74, 6) is -0.685. The summed E-state index contributed by atoms with van der Waals surface area (Å²) in [5, 5.41) is 4.61. The fourth-order valence-electron chi connectivity index (χ4n) is 1.77. The van der Waals surface area contributed by atoms with Crippen LogP contribution in [-0.4, -0.2) is 25.2 Å². The van der Waals surface area contributed by atoms with Gasteiger partial charge in [0.25, 0.3) is 5.91 Å². The molecule has 0 saturated heterocycles. The Morgan fingerprint density at radius 1 is 1.24 bits per heavy atom. The number of nitrogens with one attached hydrogen (secondary N) is 1. The summed E-state index contributed by atoms with van der Waals surface area (Å²) in [5.41, 5.74) is 1.91. The Hall–Kier alpha value is -1.79. The van der Waals surface area contributed by atoms with Crippen LogP contribution in [0.15, 0.2) is 34.5 Å². The highest BCUT2D eigenvalue weighted by atomic mass is 32.2. The molecule has 0 atom stereocenters. The number of carbonyl (C=O) groups is 2. The summed E-state index contributed by atoms with van der Waals surface area (Å²) in [6.07, 6.45) is 1.98. The van der Waals surface area contributed by atoms with E-state index in [1.165, 1.54) is 18.4 Å². The van der Waals surface area contributed by atoms with Crippen molar-refractivity contribution < 1.29 is 14.3 Å². The van der Waals surface area contributed by atoms with Crippen molar-refractivity contribution in [3.05, 3.63) is 45.6 Å². The molecule has 0 unspecified atom stereocenters. The first-order valence-corrected chi connectivity index (χ1v) is 8.29. The SMILES string of the molecule is COC(=O)c1scc(C)c1NC(=O)c1ccc(SC)cc1. The van der Waals surface area contributed by atoms with Gasteiger partial charge in [-0.3, -0.25) is 4.79 Å². The van der Waals surface area contributed by atoms with Crippen LogP contribution in [0.5, 0.6) is 0 Å². The van der Waals surface area contributed by atoms with Crippen molar-refractivity contribution >= 4 is 40.7 Å². The molecule has 0 fully saturated rings. The summed E-state index contributed by atoms with van der Waals surface area (Å²) in [6, 6.07) is 7.31. The smallest absolute Gasteiger partial charge is 0.350 e. The first-order chi connectivity index (χ1) is 10.1. The van der Waals surface area contributed by atoms with E-state index < -0.39 is 5.97 Å². The lowest BCUT2D eigenvalue weighted by Gasteiger charge is -2.07. The first-order valence-electron chi connectivity index (χ1n) is 6.18. The summed E-state index contributed by atoms with van der Waals surface area (Å²) in [6.45, 7) is 1.84. The topological polar surface area (TPSA) is 55.4 Å². The highest BCUT2D eigenvalue weighted by molar-refractivity contribution is 7.98. The summed E-state index contributed by atoms with van der Waals surface area (Å²) >= 11 is 2.87.